The Morgan fingerprint density at radius 1 is 1.15 bits per heavy atom. The summed E-state index contributed by atoms with van der Waals surface area (Å²) in [4.78, 5) is 39.0. The monoisotopic (exact) mass is 560 g/mol. The lowest BCUT2D eigenvalue weighted by Gasteiger charge is -2.32. The van der Waals surface area contributed by atoms with Crippen LogP contribution in [0.3, 0.4) is 0 Å². The molecule has 0 radical (unpaired) electrons. The summed E-state index contributed by atoms with van der Waals surface area (Å²) in [6.45, 7) is 2.84. The van der Waals surface area contributed by atoms with Gasteiger partial charge in [-0.05, 0) is 61.3 Å². The number of amides is 2. The first-order valence-corrected chi connectivity index (χ1v) is 14.4. The van der Waals surface area contributed by atoms with Gasteiger partial charge in [0, 0.05) is 52.4 Å². The zero-order chi connectivity index (χ0) is 26.8. The molecule has 1 aromatic carbocycles. The van der Waals surface area contributed by atoms with Crippen molar-refractivity contribution >= 4 is 56.4 Å². The van der Waals surface area contributed by atoms with Crippen molar-refractivity contribution in [1.29, 1.82) is 0 Å². The van der Waals surface area contributed by atoms with Gasteiger partial charge in [0.15, 0.2) is 0 Å². The number of hydrogen-bond donors (Lipinski definition) is 2. The van der Waals surface area contributed by atoms with E-state index >= 15 is 0 Å². The van der Waals surface area contributed by atoms with Gasteiger partial charge >= 0.3 is 0 Å². The van der Waals surface area contributed by atoms with Crippen molar-refractivity contribution in [2.75, 3.05) is 24.5 Å². The molecule has 5 heterocycles. The normalized spacial score (nSPS) is 17.4. The van der Waals surface area contributed by atoms with Crippen LogP contribution in [0.5, 0.6) is 0 Å². The van der Waals surface area contributed by atoms with Gasteiger partial charge in [0.2, 0.25) is 5.95 Å². The molecule has 8 nitrogen and oxygen atoms in total. The van der Waals surface area contributed by atoms with Crippen LogP contribution in [0.25, 0.3) is 27.4 Å². The van der Waals surface area contributed by atoms with E-state index in [1.807, 2.05) is 18.2 Å². The molecule has 4 aromatic rings. The Balaban J connectivity index is 1.03. The molecule has 2 aliphatic rings. The molecule has 198 valence electrons. The van der Waals surface area contributed by atoms with Crippen molar-refractivity contribution in [2.45, 2.75) is 19.4 Å². The van der Waals surface area contributed by atoms with E-state index in [1.54, 1.807) is 29.7 Å². The molecular weight excluding hydrogens is 535 g/mol. The van der Waals surface area contributed by atoms with Crippen LogP contribution in [0.15, 0.2) is 59.1 Å². The van der Waals surface area contributed by atoms with E-state index < -0.39 is 5.91 Å². The first kappa shape index (κ1) is 25.6. The Morgan fingerprint density at radius 2 is 2.00 bits per heavy atom. The highest BCUT2D eigenvalue weighted by atomic mass is 32.2. The van der Waals surface area contributed by atoms with E-state index in [2.05, 4.69) is 48.0 Å². The van der Waals surface area contributed by atoms with Crippen LogP contribution in [0.2, 0.25) is 0 Å². The summed E-state index contributed by atoms with van der Waals surface area (Å²) >= 11 is 2.54. The summed E-state index contributed by atoms with van der Waals surface area (Å²) in [5.74, 6) is 0.367. The number of thiophene rings is 1. The second-order valence-electron chi connectivity index (χ2n) is 9.50. The fourth-order valence-corrected chi connectivity index (χ4v) is 6.46. The van der Waals surface area contributed by atoms with Gasteiger partial charge in [-0.3, -0.25) is 19.9 Å². The zero-order valence-electron chi connectivity index (χ0n) is 20.9. The quantitative estimate of drug-likeness (QED) is 0.297. The number of thioether (sulfide) groups is 1. The molecule has 0 aliphatic carbocycles. The van der Waals surface area contributed by atoms with E-state index in [9.17, 15) is 14.0 Å². The van der Waals surface area contributed by atoms with Crippen LogP contribution >= 0.6 is 23.1 Å². The number of imide groups is 1. The number of aromatic nitrogens is 3. The molecule has 0 atom stereocenters. The molecule has 0 spiro atoms. The van der Waals surface area contributed by atoms with Gasteiger partial charge in [0.25, 0.3) is 11.1 Å². The van der Waals surface area contributed by atoms with Gasteiger partial charge in [-0.15, -0.1) is 11.3 Å². The molecule has 11 heteroatoms. The number of pyridine rings is 1. The average Bonchev–Trinajstić information content (AvgIpc) is 3.52. The molecule has 0 bridgehead atoms. The average molecular weight is 561 g/mol. The van der Waals surface area contributed by atoms with Crippen molar-refractivity contribution in [2.24, 2.45) is 5.92 Å². The molecule has 0 unspecified atom stereocenters. The third kappa shape index (κ3) is 5.70. The number of piperidine rings is 1. The maximum Gasteiger partial charge on any atom is 0.290 e. The van der Waals surface area contributed by atoms with Gasteiger partial charge < -0.3 is 10.2 Å². The summed E-state index contributed by atoms with van der Waals surface area (Å²) in [5, 5.41) is 8.53. The van der Waals surface area contributed by atoms with Gasteiger partial charge in [-0.2, -0.15) is 0 Å². The molecule has 3 aromatic heterocycles. The summed E-state index contributed by atoms with van der Waals surface area (Å²) in [5.41, 5.74) is 3.02. The van der Waals surface area contributed by atoms with E-state index in [0.717, 1.165) is 60.9 Å². The number of carbonyl (C=O) groups excluding carboxylic acids is 2. The Hall–Kier alpha value is -3.67. The lowest BCUT2D eigenvalue weighted by molar-refractivity contribution is -0.115. The molecule has 2 amide bonds. The lowest BCUT2D eigenvalue weighted by atomic mass is 9.97. The van der Waals surface area contributed by atoms with Gasteiger partial charge in [0.05, 0.1) is 22.5 Å². The Labute approximate surface area is 232 Å². The van der Waals surface area contributed by atoms with Crippen LogP contribution in [0.4, 0.5) is 15.1 Å². The highest BCUT2D eigenvalue weighted by molar-refractivity contribution is 8.18. The maximum atomic E-state index is 14.6. The van der Waals surface area contributed by atoms with Crippen LogP contribution in [-0.4, -0.2) is 45.7 Å². The number of halogens is 1. The molecule has 0 saturated carbocycles. The summed E-state index contributed by atoms with van der Waals surface area (Å²) < 4.78 is 15.8. The minimum Gasteiger partial charge on any atom is -0.341 e. The fraction of sp³-hybridized carbons (Fsp3) is 0.250. The minimum absolute atomic E-state index is 0.301. The van der Waals surface area contributed by atoms with Gasteiger partial charge in [0.1, 0.15) is 5.82 Å². The number of anilines is 1. The van der Waals surface area contributed by atoms with Crippen LogP contribution in [0.1, 0.15) is 24.1 Å². The summed E-state index contributed by atoms with van der Waals surface area (Å²) in [7, 11) is 0. The van der Waals surface area contributed by atoms with Crippen molar-refractivity contribution in [3.05, 3.63) is 76.2 Å². The third-order valence-electron chi connectivity index (χ3n) is 6.92. The van der Waals surface area contributed by atoms with Crippen molar-refractivity contribution in [1.82, 2.24) is 25.6 Å². The Kier molecular flexibility index (Phi) is 7.36. The number of rotatable bonds is 7. The number of nitrogens with one attached hydrogen (secondary N) is 2. The third-order valence-corrected chi connectivity index (χ3v) is 8.70. The number of carbonyl (C=O) groups is 2. The Bertz CT molecular complexity index is 1580. The zero-order valence-corrected chi connectivity index (χ0v) is 22.5. The van der Waals surface area contributed by atoms with Crippen molar-refractivity contribution in [3.63, 3.8) is 0 Å². The van der Waals surface area contributed by atoms with Crippen LogP contribution in [0, 0.1) is 11.7 Å². The highest BCUT2D eigenvalue weighted by Gasteiger charge is 2.26. The number of fused-ring (bicyclic) bond motifs is 1. The molecule has 2 saturated heterocycles. The van der Waals surface area contributed by atoms with Crippen molar-refractivity contribution in [3.8, 4) is 11.3 Å². The van der Waals surface area contributed by atoms with Gasteiger partial charge in [-0.1, -0.05) is 18.2 Å². The van der Waals surface area contributed by atoms with Crippen LogP contribution < -0.4 is 15.5 Å². The van der Waals surface area contributed by atoms with E-state index in [1.165, 1.54) is 10.9 Å². The largest absolute Gasteiger partial charge is 0.341 e. The topological polar surface area (TPSA) is 100 Å². The van der Waals surface area contributed by atoms with Gasteiger partial charge in [-0.25, -0.2) is 14.4 Å². The molecule has 6 rings (SSSR count). The minimum atomic E-state index is -0.402. The van der Waals surface area contributed by atoms with E-state index in [4.69, 9.17) is 0 Å². The molecular formula is C28H25FN6O2S2. The highest BCUT2D eigenvalue weighted by Crippen LogP contribution is 2.33. The molecule has 2 fully saturated rings. The number of nitrogens with zero attached hydrogens (tertiary/aromatic N) is 4. The molecule has 2 N–H and O–H groups in total. The Morgan fingerprint density at radius 3 is 2.82 bits per heavy atom. The summed E-state index contributed by atoms with van der Waals surface area (Å²) in [6.07, 6.45) is 6.51. The second kappa shape index (κ2) is 11.2. The first-order valence-electron chi connectivity index (χ1n) is 12.7. The smallest absolute Gasteiger partial charge is 0.290 e. The predicted octanol–water partition coefficient (Wildman–Crippen LogP) is 5.22. The number of benzene rings is 1. The maximum absolute atomic E-state index is 14.6. The molecule has 39 heavy (non-hydrogen) atoms. The molecule has 2 aliphatic heterocycles. The van der Waals surface area contributed by atoms with E-state index in [0.29, 0.717) is 34.6 Å². The predicted molar refractivity (Wildman–Crippen MR) is 153 cm³/mol. The SMILES string of the molecule is O=C1NC(=O)/C(=C/c2ccnc(N3CCC(CNCc4cc(-c5csc6ccccc56)ncc4F)CC3)n2)S1. The second-order valence-corrected chi connectivity index (χ2v) is 11.4. The number of hydrogen-bond acceptors (Lipinski definition) is 9. The van der Waals surface area contributed by atoms with E-state index in [-0.39, 0.29) is 11.1 Å². The fourth-order valence-electron chi connectivity index (χ4n) is 4.84. The van der Waals surface area contributed by atoms with Crippen LogP contribution in [-0.2, 0) is 11.3 Å². The standard InChI is InChI=1S/C28H25FN6O2S2/c29-22-15-32-23(21-16-38-24-4-2-1-3-20(21)24)11-18(22)14-30-13-17-6-9-35(10-7-17)27-31-8-5-19(33-27)12-25-26(36)34-28(37)39-25/h1-5,8,11-12,15-17,30H,6-7,9-10,13-14H2,(H,34,36,37)/b25-12-. The van der Waals surface area contributed by atoms with Crippen molar-refractivity contribution < 1.29 is 14.0 Å². The summed E-state index contributed by atoms with van der Waals surface area (Å²) in [6, 6.07) is 11.8. The lowest BCUT2D eigenvalue weighted by Crippen LogP contribution is -2.38. The first-order chi connectivity index (χ1) is 19.0.